The van der Waals surface area contributed by atoms with Crippen LogP contribution >= 0.6 is 0 Å². The molecule has 1 aromatic carbocycles. The predicted octanol–water partition coefficient (Wildman–Crippen LogP) is 2.29. The van der Waals surface area contributed by atoms with Gasteiger partial charge in [0.05, 0.1) is 6.10 Å². The maximum absolute atomic E-state index is 5.72. The van der Waals surface area contributed by atoms with Crippen molar-refractivity contribution in [2.45, 2.75) is 31.8 Å². The Hall–Kier alpha value is -1.02. The monoisotopic (exact) mass is 191 g/mol. The second-order valence-corrected chi connectivity index (χ2v) is 4.03. The van der Waals surface area contributed by atoms with Crippen molar-refractivity contribution in [1.29, 1.82) is 0 Å². The van der Waals surface area contributed by atoms with E-state index in [1.165, 1.54) is 18.4 Å². The fourth-order valence-corrected chi connectivity index (χ4v) is 1.41. The molecule has 0 saturated heterocycles. The molecule has 2 rings (SSSR count). The predicted molar refractivity (Wildman–Crippen MR) is 57.6 cm³/mol. The molecule has 0 radical (unpaired) electrons. The van der Waals surface area contributed by atoms with E-state index in [4.69, 9.17) is 10.5 Å². The van der Waals surface area contributed by atoms with Gasteiger partial charge in [-0.1, -0.05) is 19.1 Å². The highest BCUT2D eigenvalue weighted by molar-refractivity contribution is 5.31. The topological polar surface area (TPSA) is 35.2 Å². The average Bonchev–Trinajstić information content (AvgIpc) is 3.01. The summed E-state index contributed by atoms with van der Waals surface area (Å²) in [5, 5.41) is 0. The molecule has 76 valence electrons. The van der Waals surface area contributed by atoms with Gasteiger partial charge >= 0.3 is 0 Å². The molecular formula is C12H17NO. The number of hydrogen-bond acceptors (Lipinski definition) is 2. The zero-order valence-corrected chi connectivity index (χ0v) is 8.57. The van der Waals surface area contributed by atoms with Crippen molar-refractivity contribution in [2.24, 2.45) is 5.73 Å². The number of rotatable bonds is 4. The molecule has 0 aliphatic heterocycles. The third-order valence-electron chi connectivity index (χ3n) is 2.61. The summed E-state index contributed by atoms with van der Waals surface area (Å²) in [6.07, 6.45) is 2.88. The average molecular weight is 191 g/mol. The molecule has 2 heteroatoms. The van der Waals surface area contributed by atoms with Crippen LogP contribution in [0.4, 0.5) is 0 Å². The Labute approximate surface area is 85.1 Å². The first kappa shape index (κ1) is 9.53. The lowest BCUT2D eigenvalue weighted by atomic mass is 10.0. The molecule has 2 N–H and O–H groups in total. The van der Waals surface area contributed by atoms with Gasteiger partial charge in [0, 0.05) is 0 Å². The molecule has 0 amide bonds. The van der Waals surface area contributed by atoms with Crippen molar-refractivity contribution in [3.05, 3.63) is 29.8 Å². The van der Waals surface area contributed by atoms with Gasteiger partial charge in [-0.3, -0.25) is 0 Å². The Kier molecular flexibility index (Phi) is 2.73. The zero-order valence-electron chi connectivity index (χ0n) is 8.57. The van der Waals surface area contributed by atoms with Crippen LogP contribution in [0.2, 0.25) is 0 Å². The van der Waals surface area contributed by atoms with Gasteiger partial charge in [0.1, 0.15) is 5.75 Å². The highest BCUT2D eigenvalue weighted by atomic mass is 16.5. The van der Waals surface area contributed by atoms with E-state index in [1.54, 1.807) is 0 Å². The van der Waals surface area contributed by atoms with Crippen molar-refractivity contribution in [1.82, 2.24) is 0 Å². The molecule has 14 heavy (non-hydrogen) atoms. The van der Waals surface area contributed by atoms with Gasteiger partial charge in [-0.15, -0.1) is 0 Å². The summed E-state index contributed by atoms with van der Waals surface area (Å²) < 4.78 is 5.72. The molecule has 2 nitrogen and oxygen atoms in total. The van der Waals surface area contributed by atoms with Gasteiger partial charge in [-0.2, -0.15) is 0 Å². The Morgan fingerprint density at radius 2 is 2.29 bits per heavy atom. The van der Waals surface area contributed by atoms with Gasteiger partial charge in [0.15, 0.2) is 0 Å². The van der Waals surface area contributed by atoms with Crippen LogP contribution in [0.15, 0.2) is 24.3 Å². The van der Waals surface area contributed by atoms with Crippen molar-refractivity contribution >= 4 is 0 Å². The van der Waals surface area contributed by atoms with E-state index in [1.807, 2.05) is 12.1 Å². The first-order valence-corrected chi connectivity index (χ1v) is 5.26. The molecule has 1 atom stereocenters. The van der Waals surface area contributed by atoms with Crippen LogP contribution in [0, 0.1) is 0 Å². The van der Waals surface area contributed by atoms with Gasteiger partial charge in [-0.25, -0.2) is 0 Å². The quantitative estimate of drug-likeness (QED) is 0.792. The molecule has 1 aliphatic rings. The smallest absolute Gasteiger partial charge is 0.120 e. The van der Waals surface area contributed by atoms with Crippen molar-refractivity contribution in [3.8, 4) is 5.75 Å². The molecule has 1 aliphatic carbocycles. The summed E-state index contributed by atoms with van der Waals surface area (Å²) in [5.74, 6) is 1.41. The van der Waals surface area contributed by atoms with Crippen LogP contribution in [-0.2, 0) is 0 Å². The van der Waals surface area contributed by atoms with Crippen LogP contribution in [0.5, 0.6) is 5.75 Å². The third kappa shape index (κ3) is 2.26. The van der Waals surface area contributed by atoms with Gasteiger partial charge in [0.2, 0.25) is 0 Å². The molecule has 0 bridgehead atoms. The molecule has 1 fully saturated rings. The van der Waals surface area contributed by atoms with Crippen LogP contribution in [0.3, 0.4) is 0 Å². The first-order valence-electron chi connectivity index (χ1n) is 5.26. The van der Waals surface area contributed by atoms with Gasteiger partial charge in [0.25, 0.3) is 0 Å². The lowest BCUT2D eigenvalue weighted by molar-refractivity contribution is 0.303. The Balaban J connectivity index is 2.08. The van der Waals surface area contributed by atoms with Crippen LogP contribution in [0.1, 0.15) is 31.2 Å². The second kappa shape index (κ2) is 4.01. The first-order chi connectivity index (χ1) is 6.79. The van der Waals surface area contributed by atoms with Crippen molar-refractivity contribution in [2.75, 3.05) is 6.54 Å². The molecule has 1 saturated carbocycles. The molecule has 1 aromatic rings. The van der Waals surface area contributed by atoms with Gasteiger partial charge < -0.3 is 10.5 Å². The largest absolute Gasteiger partial charge is 0.490 e. The molecule has 0 spiro atoms. The summed E-state index contributed by atoms with van der Waals surface area (Å²) in [5.41, 5.74) is 6.90. The normalized spacial score (nSPS) is 17.9. The summed E-state index contributed by atoms with van der Waals surface area (Å²) in [7, 11) is 0. The standard InChI is InChI=1S/C12H17NO/c1-9(8-13)10-3-2-4-12(7-10)14-11-5-6-11/h2-4,7,9,11H,5-6,8,13H2,1H3. The zero-order chi connectivity index (χ0) is 9.97. The highest BCUT2D eigenvalue weighted by Crippen LogP contribution is 2.28. The fraction of sp³-hybridized carbons (Fsp3) is 0.500. The summed E-state index contributed by atoms with van der Waals surface area (Å²) >= 11 is 0. The minimum absolute atomic E-state index is 0.415. The minimum Gasteiger partial charge on any atom is -0.490 e. The number of ether oxygens (including phenoxy) is 1. The van der Waals surface area contributed by atoms with Crippen molar-refractivity contribution < 1.29 is 4.74 Å². The Morgan fingerprint density at radius 3 is 2.93 bits per heavy atom. The Bertz CT molecular complexity index is 307. The number of nitrogens with two attached hydrogens (primary N) is 1. The molecular weight excluding hydrogens is 174 g/mol. The van der Waals surface area contributed by atoms with E-state index in [2.05, 4.69) is 19.1 Å². The molecule has 0 aromatic heterocycles. The second-order valence-electron chi connectivity index (χ2n) is 4.03. The van der Waals surface area contributed by atoms with Crippen LogP contribution < -0.4 is 10.5 Å². The summed E-state index contributed by atoms with van der Waals surface area (Å²) in [6.45, 7) is 2.82. The maximum atomic E-state index is 5.72. The van der Waals surface area contributed by atoms with E-state index in [0.717, 1.165) is 5.75 Å². The third-order valence-corrected chi connectivity index (χ3v) is 2.61. The number of benzene rings is 1. The highest BCUT2D eigenvalue weighted by Gasteiger charge is 2.23. The van der Waals surface area contributed by atoms with Gasteiger partial charge in [-0.05, 0) is 43.0 Å². The van der Waals surface area contributed by atoms with Crippen LogP contribution in [-0.4, -0.2) is 12.6 Å². The fourth-order valence-electron chi connectivity index (χ4n) is 1.41. The summed E-state index contributed by atoms with van der Waals surface area (Å²) in [6, 6.07) is 8.28. The number of hydrogen-bond donors (Lipinski definition) is 1. The summed E-state index contributed by atoms with van der Waals surface area (Å²) in [4.78, 5) is 0. The minimum atomic E-state index is 0.415. The molecule has 1 unspecified atom stereocenters. The van der Waals surface area contributed by atoms with Crippen molar-refractivity contribution in [3.63, 3.8) is 0 Å². The molecule has 0 heterocycles. The Morgan fingerprint density at radius 1 is 1.50 bits per heavy atom. The lowest BCUT2D eigenvalue weighted by Crippen LogP contribution is -2.09. The van der Waals surface area contributed by atoms with E-state index in [9.17, 15) is 0 Å². The van der Waals surface area contributed by atoms with E-state index >= 15 is 0 Å². The van der Waals surface area contributed by atoms with E-state index in [0.29, 0.717) is 18.6 Å². The van der Waals surface area contributed by atoms with Crippen LogP contribution in [0.25, 0.3) is 0 Å². The van der Waals surface area contributed by atoms with E-state index in [-0.39, 0.29) is 0 Å². The lowest BCUT2D eigenvalue weighted by Gasteiger charge is -2.11. The SMILES string of the molecule is CC(CN)c1cccc(OC2CC2)c1. The van der Waals surface area contributed by atoms with E-state index < -0.39 is 0 Å². The maximum Gasteiger partial charge on any atom is 0.120 e.